The predicted molar refractivity (Wildman–Crippen MR) is 163 cm³/mol. The van der Waals surface area contributed by atoms with E-state index in [1.54, 1.807) is 49.6 Å². The monoisotopic (exact) mass is 619 g/mol. The predicted octanol–water partition coefficient (Wildman–Crippen LogP) is 5.92. The van der Waals surface area contributed by atoms with Crippen LogP contribution in [-0.2, 0) is 26.2 Å². The molecule has 0 saturated heterocycles. The summed E-state index contributed by atoms with van der Waals surface area (Å²) in [5.74, 6) is -0.221. The lowest BCUT2D eigenvalue weighted by Crippen LogP contribution is -2.53. The van der Waals surface area contributed by atoms with Gasteiger partial charge in [-0.1, -0.05) is 67.4 Å². The van der Waals surface area contributed by atoms with Gasteiger partial charge < -0.3 is 15.0 Å². The molecule has 0 aliphatic carbocycles. The summed E-state index contributed by atoms with van der Waals surface area (Å²) in [5.41, 5.74) is 0.916. The van der Waals surface area contributed by atoms with E-state index in [4.69, 9.17) is 27.9 Å². The normalized spacial score (nSPS) is 12.7. The molecule has 8 nitrogen and oxygen atoms in total. The number of ether oxygens (including phenoxy) is 1. The molecule has 0 fully saturated rings. The summed E-state index contributed by atoms with van der Waals surface area (Å²) in [5, 5.41) is 3.34. The zero-order chi connectivity index (χ0) is 30.2. The van der Waals surface area contributed by atoms with E-state index >= 15 is 0 Å². The Bertz CT molecular complexity index is 1440. The van der Waals surface area contributed by atoms with Crippen molar-refractivity contribution in [1.29, 1.82) is 0 Å². The number of hydrogen-bond donors (Lipinski definition) is 1. The van der Waals surface area contributed by atoms with Gasteiger partial charge in [-0.3, -0.25) is 13.9 Å². The Morgan fingerprint density at radius 2 is 1.59 bits per heavy atom. The molecule has 0 heterocycles. The number of carbonyl (C=O) groups is 2. The Balaban J connectivity index is 2.06. The number of anilines is 1. The van der Waals surface area contributed by atoms with Gasteiger partial charge in [0.2, 0.25) is 11.8 Å². The third-order valence-electron chi connectivity index (χ3n) is 6.70. The molecule has 0 radical (unpaired) electrons. The SMILES string of the molecule is CCC(C)NC(=O)C(CC)N(Cc1ccc(OC)cc1)C(=O)CN(c1ccc(Cl)c(Cl)c1)S(=O)(=O)c1ccccc1. The molecule has 2 atom stereocenters. The van der Waals surface area contributed by atoms with E-state index in [0.717, 1.165) is 16.3 Å². The van der Waals surface area contributed by atoms with Crippen LogP contribution >= 0.6 is 23.2 Å². The van der Waals surface area contributed by atoms with Crippen molar-refractivity contribution in [2.24, 2.45) is 0 Å². The molecular weight excluding hydrogens is 585 g/mol. The summed E-state index contributed by atoms with van der Waals surface area (Å²) in [7, 11) is -2.65. The van der Waals surface area contributed by atoms with Crippen molar-refractivity contribution in [2.75, 3.05) is 18.0 Å². The van der Waals surface area contributed by atoms with Crippen LogP contribution in [0.1, 0.15) is 39.2 Å². The summed E-state index contributed by atoms with van der Waals surface area (Å²) in [4.78, 5) is 28.9. The van der Waals surface area contributed by atoms with Crippen LogP contribution in [0.3, 0.4) is 0 Å². The van der Waals surface area contributed by atoms with Gasteiger partial charge in [0.25, 0.3) is 10.0 Å². The van der Waals surface area contributed by atoms with E-state index in [1.165, 1.54) is 35.2 Å². The lowest BCUT2D eigenvalue weighted by Gasteiger charge is -2.33. The molecule has 0 bridgehead atoms. The minimum absolute atomic E-state index is 0.00197. The smallest absolute Gasteiger partial charge is 0.264 e. The highest BCUT2D eigenvalue weighted by atomic mass is 35.5. The maximum atomic E-state index is 14.1. The zero-order valence-electron chi connectivity index (χ0n) is 23.5. The maximum absolute atomic E-state index is 14.1. The molecule has 0 aliphatic heterocycles. The molecule has 11 heteroatoms. The number of sulfonamides is 1. The van der Waals surface area contributed by atoms with Crippen molar-refractivity contribution in [1.82, 2.24) is 10.2 Å². The standard InChI is InChI=1S/C30H35Cl2N3O5S/c1-5-21(3)33-30(37)28(6-2)34(19-22-12-15-24(40-4)16-13-22)29(36)20-35(23-14-17-26(31)27(32)18-23)41(38,39)25-10-8-7-9-11-25/h7-18,21,28H,5-6,19-20H2,1-4H3,(H,33,37). The number of carbonyl (C=O) groups excluding carboxylic acids is 2. The fraction of sp³-hybridized carbons (Fsp3) is 0.333. The van der Waals surface area contributed by atoms with E-state index in [1.807, 2.05) is 20.8 Å². The van der Waals surface area contributed by atoms with E-state index in [-0.39, 0.29) is 39.1 Å². The largest absolute Gasteiger partial charge is 0.497 e. The Morgan fingerprint density at radius 3 is 2.15 bits per heavy atom. The van der Waals surface area contributed by atoms with Gasteiger partial charge in [0.1, 0.15) is 18.3 Å². The van der Waals surface area contributed by atoms with Crippen molar-refractivity contribution < 1.29 is 22.7 Å². The number of nitrogens with zero attached hydrogens (tertiary/aromatic N) is 2. The summed E-state index contributed by atoms with van der Waals surface area (Å²) in [6.07, 6.45) is 1.04. The maximum Gasteiger partial charge on any atom is 0.264 e. The highest BCUT2D eigenvalue weighted by Crippen LogP contribution is 2.31. The molecule has 3 aromatic carbocycles. The summed E-state index contributed by atoms with van der Waals surface area (Å²) in [6, 6.07) is 18.4. The first kappa shape index (κ1) is 32.2. The lowest BCUT2D eigenvalue weighted by molar-refractivity contribution is -0.140. The Kier molecular flexibility index (Phi) is 11.5. The molecule has 0 aromatic heterocycles. The number of amides is 2. The molecule has 41 heavy (non-hydrogen) atoms. The van der Waals surface area contributed by atoms with Gasteiger partial charge in [0.05, 0.1) is 27.7 Å². The quantitative estimate of drug-likeness (QED) is 0.256. The second-order valence-corrected chi connectivity index (χ2v) is 12.2. The summed E-state index contributed by atoms with van der Waals surface area (Å²) in [6.45, 7) is 5.16. The van der Waals surface area contributed by atoms with Gasteiger partial charge >= 0.3 is 0 Å². The number of methoxy groups -OCH3 is 1. The molecular formula is C30H35Cl2N3O5S. The second kappa shape index (κ2) is 14.6. The highest BCUT2D eigenvalue weighted by Gasteiger charge is 2.34. The number of hydrogen-bond acceptors (Lipinski definition) is 5. The van der Waals surface area contributed by atoms with Crippen LogP contribution in [0.4, 0.5) is 5.69 Å². The van der Waals surface area contributed by atoms with E-state index in [2.05, 4.69) is 5.32 Å². The third-order valence-corrected chi connectivity index (χ3v) is 9.23. The minimum atomic E-state index is -4.20. The molecule has 3 rings (SSSR count). The molecule has 3 aromatic rings. The highest BCUT2D eigenvalue weighted by molar-refractivity contribution is 7.92. The van der Waals surface area contributed by atoms with Crippen LogP contribution in [0.25, 0.3) is 0 Å². The van der Waals surface area contributed by atoms with E-state index < -0.39 is 28.5 Å². The molecule has 0 saturated carbocycles. The van der Waals surface area contributed by atoms with Crippen LogP contribution in [-0.4, -0.2) is 50.9 Å². The molecule has 2 amide bonds. The first-order valence-corrected chi connectivity index (χ1v) is 15.5. The van der Waals surface area contributed by atoms with Gasteiger partial charge in [-0.25, -0.2) is 8.42 Å². The van der Waals surface area contributed by atoms with Gasteiger partial charge in [-0.05, 0) is 67.8 Å². The number of rotatable bonds is 13. The molecule has 220 valence electrons. The van der Waals surface area contributed by atoms with Crippen LogP contribution in [0, 0.1) is 0 Å². The minimum Gasteiger partial charge on any atom is -0.497 e. The van der Waals surface area contributed by atoms with Gasteiger partial charge in [0.15, 0.2) is 0 Å². The lowest BCUT2D eigenvalue weighted by atomic mass is 10.1. The van der Waals surface area contributed by atoms with Crippen molar-refractivity contribution in [3.63, 3.8) is 0 Å². The van der Waals surface area contributed by atoms with Gasteiger partial charge in [-0.15, -0.1) is 0 Å². The topological polar surface area (TPSA) is 96.0 Å². The van der Waals surface area contributed by atoms with Crippen LogP contribution < -0.4 is 14.4 Å². The zero-order valence-corrected chi connectivity index (χ0v) is 25.8. The molecule has 1 N–H and O–H groups in total. The molecule has 2 unspecified atom stereocenters. The molecule has 0 aliphatic rings. The van der Waals surface area contributed by atoms with Gasteiger partial charge in [0, 0.05) is 12.6 Å². The number of nitrogens with one attached hydrogen (secondary N) is 1. The first-order chi connectivity index (χ1) is 19.5. The average molecular weight is 621 g/mol. The van der Waals surface area contributed by atoms with Crippen LogP contribution in [0.5, 0.6) is 5.75 Å². The second-order valence-electron chi connectivity index (χ2n) is 9.53. The number of benzene rings is 3. The van der Waals surface area contributed by atoms with Crippen LogP contribution in [0.2, 0.25) is 10.0 Å². The van der Waals surface area contributed by atoms with Crippen molar-refractivity contribution in [3.8, 4) is 5.75 Å². The average Bonchev–Trinajstić information content (AvgIpc) is 2.97. The summed E-state index contributed by atoms with van der Waals surface area (Å²) >= 11 is 12.4. The van der Waals surface area contributed by atoms with Gasteiger partial charge in [-0.2, -0.15) is 0 Å². The summed E-state index contributed by atoms with van der Waals surface area (Å²) < 4.78 is 34.0. The van der Waals surface area contributed by atoms with Crippen molar-refractivity contribution >= 4 is 50.7 Å². The van der Waals surface area contributed by atoms with Crippen molar-refractivity contribution in [3.05, 3.63) is 88.4 Å². The Morgan fingerprint density at radius 1 is 0.927 bits per heavy atom. The van der Waals surface area contributed by atoms with E-state index in [0.29, 0.717) is 12.2 Å². The molecule has 0 spiro atoms. The Hall–Kier alpha value is -3.27. The fourth-order valence-corrected chi connectivity index (χ4v) is 5.90. The third kappa shape index (κ3) is 8.15. The first-order valence-electron chi connectivity index (χ1n) is 13.3. The Labute approximate surface area is 252 Å². The van der Waals surface area contributed by atoms with E-state index in [9.17, 15) is 18.0 Å². The van der Waals surface area contributed by atoms with Crippen LogP contribution in [0.15, 0.2) is 77.7 Å². The van der Waals surface area contributed by atoms with Crippen molar-refractivity contribution in [2.45, 2.75) is 57.1 Å². The number of halogens is 2. The fourth-order valence-electron chi connectivity index (χ4n) is 4.18.